The Balaban J connectivity index is 2.01. The number of carbonyl (C=O) groups is 2. The fourth-order valence-electron chi connectivity index (χ4n) is 2.89. The second-order valence-corrected chi connectivity index (χ2v) is 5.75. The van der Waals surface area contributed by atoms with Gasteiger partial charge in [-0.15, -0.1) is 0 Å². The highest BCUT2D eigenvalue weighted by molar-refractivity contribution is 5.86. The van der Waals surface area contributed by atoms with Crippen molar-refractivity contribution in [3.63, 3.8) is 0 Å². The van der Waals surface area contributed by atoms with Crippen molar-refractivity contribution in [2.45, 2.75) is 39.3 Å². The topological polar surface area (TPSA) is 58.6 Å². The lowest BCUT2D eigenvalue weighted by molar-refractivity contribution is -0.135. The maximum atomic E-state index is 12.5. The summed E-state index contributed by atoms with van der Waals surface area (Å²) in [5, 5.41) is 2.64. The van der Waals surface area contributed by atoms with Crippen LogP contribution in [-0.2, 0) is 9.53 Å². The zero-order valence-corrected chi connectivity index (χ0v) is 11.5. The average molecular weight is 254 g/mol. The molecule has 0 radical (unpaired) electrons. The Bertz CT molecular complexity index is 356. The fraction of sp³-hybridized carbons (Fsp3) is 0.846. The highest BCUT2D eigenvalue weighted by Crippen LogP contribution is 2.49. The van der Waals surface area contributed by atoms with E-state index < -0.39 is 12.1 Å². The first kappa shape index (κ1) is 13.2. The van der Waals surface area contributed by atoms with Gasteiger partial charge in [-0.1, -0.05) is 13.8 Å². The van der Waals surface area contributed by atoms with E-state index >= 15 is 0 Å². The molecule has 1 saturated carbocycles. The number of alkyl carbamates (subject to hydrolysis) is 1. The normalized spacial score (nSPS) is 30.9. The van der Waals surface area contributed by atoms with Gasteiger partial charge in [0.05, 0.1) is 7.11 Å². The zero-order valence-electron chi connectivity index (χ0n) is 11.5. The summed E-state index contributed by atoms with van der Waals surface area (Å²) in [6.45, 7) is 6.81. The number of piperidine rings is 1. The molecule has 1 unspecified atom stereocenters. The molecule has 18 heavy (non-hydrogen) atoms. The number of fused-ring (bicyclic) bond motifs is 1. The monoisotopic (exact) mass is 254 g/mol. The Morgan fingerprint density at radius 2 is 2.06 bits per heavy atom. The number of methoxy groups -OCH3 is 1. The summed E-state index contributed by atoms with van der Waals surface area (Å²) >= 11 is 0. The summed E-state index contributed by atoms with van der Waals surface area (Å²) in [6.07, 6.45) is 0.709. The van der Waals surface area contributed by atoms with Crippen LogP contribution in [0.15, 0.2) is 0 Å². The van der Waals surface area contributed by atoms with Crippen LogP contribution in [0.3, 0.4) is 0 Å². The molecule has 2 fully saturated rings. The van der Waals surface area contributed by atoms with Crippen LogP contribution in [0.4, 0.5) is 4.79 Å². The van der Waals surface area contributed by atoms with Gasteiger partial charge in [0.1, 0.15) is 6.04 Å². The van der Waals surface area contributed by atoms with E-state index in [1.165, 1.54) is 13.5 Å². The van der Waals surface area contributed by atoms with Gasteiger partial charge in [0.15, 0.2) is 0 Å². The van der Waals surface area contributed by atoms with Gasteiger partial charge in [-0.2, -0.15) is 0 Å². The van der Waals surface area contributed by atoms with Crippen molar-refractivity contribution in [1.29, 1.82) is 0 Å². The van der Waals surface area contributed by atoms with Gasteiger partial charge in [0.2, 0.25) is 5.91 Å². The molecule has 2 aliphatic rings. The van der Waals surface area contributed by atoms with Crippen LogP contribution >= 0.6 is 0 Å². The van der Waals surface area contributed by atoms with Crippen LogP contribution < -0.4 is 5.32 Å². The van der Waals surface area contributed by atoms with Gasteiger partial charge in [0.25, 0.3) is 0 Å². The van der Waals surface area contributed by atoms with Gasteiger partial charge >= 0.3 is 6.09 Å². The van der Waals surface area contributed by atoms with Crippen LogP contribution in [-0.4, -0.2) is 42.6 Å². The molecular formula is C13H22N2O3. The smallest absolute Gasteiger partial charge is 0.407 e. The Kier molecular flexibility index (Phi) is 3.50. The van der Waals surface area contributed by atoms with Crippen molar-refractivity contribution in [2.75, 3.05) is 13.7 Å². The van der Waals surface area contributed by atoms with E-state index in [0.717, 1.165) is 6.54 Å². The Hall–Kier alpha value is -1.26. The summed E-state index contributed by atoms with van der Waals surface area (Å²) < 4.78 is 4.58. The first-order valence-electron chi connectivity index (χ1n) is 6.60. The van der Waals surface area contributed by atoms with E-state index in [-0.39, 0.29) is 11.8 Å². The predicted octanol–water partition coefficient (Wildman–Crippen LogP) is 1.23. The third-order valence-electron chi connectivity index (χ3n) is 4.19. The van der Waals surface area contributed by atoms with E-state index in [0.29, 0.717) is 17.9 Å². The molecule has 1 saturated heterocycles. The number of hydrogen-bond donors (Lipinski definition) is 1. The van der Waals surface area contributed by atoms with Gasteiger partial charge in [0, 0.05) is 12.6 Å². The number of rotatable bonds is 3. The molecule has 0 bridgehead atoms. The van der Waals surface area contributed by atoms with E-state index in [1.54, 1.807) is 0 Å². The zero-order chi connectivity index (χ0) is 13.4. The molecule has 4 atom stereocenters. The summed E-state index contributed by atoms with van der Waals surface area (Å²) in [5.74, 6) is 1.45. The third kappa shape index (κ3) is 2.31. The minimum absolute atomic E-state index is 0.0232. The minimum atomic E-state index is -0.543. The molecule has 2 rings (SSSR count). The second-order valence-electron chi connectivity index (χ2n) is 5.75. The Morgan fingerprint density at radius 3 is 2.50 bits per heavy atom. The highest BCUT2D eigenvalue weighted by Gasteiger charge is 2.52. The number of ether oxygens (including phenoxy) is 1. The highest BCUT2D eigenvalue weighted by atomic mass is 16.5. The van der Waals surface area contributed by atoms with Crippen molar-refractivity contribution in [2.24, 2.45) is 17.8 Å². The van der Waals surface area contributed by atoms with Crippen molar-refractivity contribution < 1.29 is 14.3 Å². The second kappa shape index (κ2) is 4.78. The number of carbonyl (C=O) groups excluding carboxylic acids is 2. The third-order valence-corrected chi connectivity index (χ3v) is 4.19. The minimum Gasteiger partial charge on any atom is -0.453 e. The van der Waals surface area contributed by atoms with E-state index in [1.807, 2.05) is 18.7 Å². The van der Waals surface area contributed by atoms with Crippen molar-refractivity contribution in [3.05, 3.63) is 0 Å². The van der Waals surface area contributed by atoms with Crippen LogP contribution in [0.25, 0.3) is 0 Å². The SMILES string of the molecule is COC(=O)N[C@H](C(=O)N1CC2C[C@@H]2[C@H]1C)C(C)C. The molecule has 2 amide bonds. The molecule has 1 heterocycles. The molecule has 102 valence electrons. The molecule has 1 aliphatic heterocycles. The van der Waals surface area contributed by atoms with Crippen molar-refractivity contribution >= 4 is 12.0 Å². The lowest BCUT2D eigenvalue weighted by atomic mass is 10.0. The predicted molar refractivity (Wildman–Crippen MR) is 66.9 cm³/mol. The molecule has 5 nitrogen and oxygen atoms in total. The average Bonchev–Trinajstić information content (AvgIpc) is 3.03. The molecule has 1 aliphatic carbocycles. The molecule has 0 spiro atoms. The molecule has 0 aromatic carbocycles. The fourth-order valence-corrected chi connectivity index (χ4v) is 2.89. The summed E-state index contributed by atoms with van der Waals surface area (Å²) in [7, 11) is 1.31. The van der Waals surface area contributed by atoms with Crippen molar-refractivity contribution in [3.8, 4) is 0 Å². The molecule has 0 aromatic rings. The molecule has 1 N–H and O–H groups in total. The first-order valence-corrected chi connectivity index (χ1v) is 6.60. The van der Waals surface area contributed by atoms with Gasteiger partial charge < -0.3 is 15.0 Å². The van der Waals surface area contributed by atoms with E-state index in [9.17, 15) is 9.59 Å². The van der Waals surface area contributed by atoms with E-state index in [4.69, 9.17) is 0 Å². The number of hydrogen-bond acceptors (Lipinski definition) is 3. The van der Waals surface area contributed by atoms with Crippen molar-refractivity contribution in [1.82, 2.24) is 10.2 Å². The molecule has 5 heteroatoms. The largest absolute Gasteiger partial charge is 0.453 e. The van der Waals surface area contributed by atoms with Crippen LogP contribution in [0.1, 0.15) is 27.2 Å². The first-order chi connectivity index (χ1) is 8.45. The Morgan fingerprint density at radius 1 is 1.39 bits per heavy atom. The van der Waals surface area contributed by atoms with Crippen LogP contribution in [0, 0.1) is 17.8 Å². The maximum Gasteiger partial charge on any atom is 0.407 e. The lowest BCUT2D eigenvalue weighted by Gasteiger charge is -2.30. The number of nitrogens with zero attached hydrogens (tertiary/aromatic N) is 1. The summed E-state index contributed by atoms with van der Waals surface area (Å²) in [5.41, 5.74) is 0. The van der Waals surface area contributed by atoms with Crippen LogP contribution in [0.5, 0.6) is 0 Å². The quantitative estimate of drug-likeness (QED) is 0.824. The van der Waals surface area contributed by atoms with E-state index in [2.05, 4.69) is 17.0 Å². The van der Waals surface area contributed by atoms with Gasteiger partial charge in [-0.3, -0.25) is 4.79 Å². The number of likely N-dealkylation sites (tertiary alicyclic amines) is 1. The standard InChI is InChI=1S/C13H22N2O3/c1-7(2)11(14-13(17)18-4)12(16)15-6-9-5-10(9)8(15)3/h7-11H,5-6H2,1-4H3,(H,14,17)/t8-,9?,10-,11+/m1/s1. The lowest BCUT2D eigenvalue weighted by Crippen LogP contribution is -2.52. The number of amides is 2. The maximum absolute atomic E-state index is 12.5. The summed E-state index contributed by atoms with van der Waals surface area (Å²) in [6, 6.07) is -0.180. The molecule has 0 aromatic heterocycles. The number of nitrogens with one attached hydrogen (secondary N) is 1. The summed E-state index contributed by atoms with van der Waals surface area (Å²) in [4.78, 5) is 25.7. The van der Waals surface area contributed by atoms with Crippen LogP contribution in [0.2, 0.25) is 0 Å². The van der Waals surface area contributed by atoms with Gasteiger partial charge in [-0.05, 0) is 31.1 Å². The Labute approximate surface area is 108 Å². The molecular weight excluding hydrogens is 232 g/mol. The van der Waals surface area contributed by atoms with Gasteiger partial charge in [-0.25, -0.2) is 4.79 Å².